The van der Waals surface area contributed by atoms with E-state index in [-0.39, 0.29) is 18.0 Å². The van der Waals surface area contributed by atoms with E-state index in [1.807, 2.05) is 6.07 Å². The lowest BCUT2D eigenvalue weighted by molar-refractivity contribution is 0.588. The summed E-state index contributed by atoms with van der Waals surface area (Å²) in [6.45, 7) is 0.226. The maximum Gasteiger partial charge on any atom is 0.213 e. The summed E-state index contributed by atoms with van der Waals surface area (Å²) in [6, 6.07) is 1.84. The first-order valence-electron chi connectivity index (χ1n) is 4.44. The van der Waals surface area contributed by atoms with Crippen molar-refractivity contribution < 1.29 is 8.42 Å². The average molecular weight is 241 g/mol. The van der Waals surface area contributed by atoms with Gasteiger partial charge in [-0.2, -0.15) is 5.26 Å². The van der Waals surface area contributed by atoms with E-state index in [4.69, 9.17) is 5.26 Å². The van der Waals surface area contributed by atoms with Gasteiger partial charge in [-0.15, -0.1) is 0 Å². The number of aromatic nitrogens is 2. The van der Waals surface area contributed by atoms with Gasteiger partial charge in [0.15, 0.2) is 5.69 Å². The van der Waals surface area contributed by atoms with Crippen molar-refractivity contribution in [1.29, 1.82) is 5.26 Å². The molecule has 0 unspecified atom stereocenters. The molecule has 1 heterocycles. The van der Waals surface area contributed by atoms with Gasteiger partial charge >= 0.3 is 0 Å². The molecule has 0 bridgehead atoms. The van der Waals surface area contributed by atoms with E-state index in [0.29, 0.717) is 5.82 Å². The molecule has 7 nitrogen and oxygen atoms in total. The quantitative estimate of drug-likeness (QED) is 0.706. The molecule has 2 N–H and O–H groups in total. The fourth-order valence-corrected chi connectivity index (χ4v) is 1.47. The van der Waals surface area contributed by atoms with Crippen LogP contribution in [0.25, 0.3) is 0 Å². The predicted octanol–water partition coefficient (Wildman–Crippen LogP) is -0.691. The Morgan fingerprint density at radius 1 is 1.44 bits per heavy atom. The molecule has 8 heteroatoms. The summed E-state index contributed by atoms with van der Waals surface area (Å²) >= 11 is 0. The van der Waals surface area contributed by atoms with Gasteiger partial charge in [0.2, 0.25) is 10.0 Å². The first-order valence-corrected chi connectivity index (χ1v) is 6.10. The van der Waals surface area contributed by atoms with Crippen LogP contribution in [0, 0.1) is 11.3 Å². The number of anilines is 1. The van der Waals surface area contributed by atoms with Gasteiger partial charge in [-0.3, -0.25) is 0 Å². The number of rotatable bonds is 5. The third-order valence-electron chi connectivity index (χ3n) is 1.75. The first kappa shape index (κ1) is 12.4. The molecule has 0 radical (unpaired) electrons. The van der Waals surface area contributed by atoms with Gasteiger partial charge in [-0.25, -0.2) is 23.1 Å². The summed E-state index contributed by atoms with van der Waals surface area (Å²) in [6.07, 6.45) is 2.69. The molecular weight excluding hydrogens is 230 g/mol. The van der Waals surface area contributed by atoms with Gasteiger partial charge in [-0.05, 0) is 7.05 Å². The Balaban J connectivity index is 2.47. The molecule has 0 aromatic carbocycles. The maximum atomic E-state index is 11.1. The maximum absolute atomic E-state index is 11.1. The molecule has 0 fully saturated rings. The van der Waals surface area contributed by atoms with E-state index in [2.05, 4.69) is 20.0 Å². The van der Waals surface area contributed by atoms with Crippen LogP contribution < -0.4 is 10.0 Å². The van der Waals surface area contributed by atoms with Crippen LogP contribution in [-0.4, -0.2) is 37.7 Å². The molecule has 0 atom stereocenters. The number of hydrogen-bond acceptors (Lipinski definition) is 6. The average Bonchev–Trinajstić information content (AvgIpc) is 2.30. The minimum absolute atomic E-state index is 0.0504. The van der Waals surface area contributed by atoms with Crippen LogP contribution in [0.3, 0.4) is 0 Å². The van der Waals surface area contributed by atoms with Gasteiger partial charge in [0.25, 0.3) is 0 Å². The Bertz CT molecular complexity index is 476. The van der Waals surface area contributed by atoms with Crippen LogP contribution in [0.2, 0.25) is 0 Å². The number of hydrogen-bond donors (Lipinski definition) is 2. The van der Waals surface area contributed by atoms with E-state index < -0.39 is 10.0 Å². The minimum atomic E-state index is -3.22. The van der Waals surface area contributed by atoms with Crippen LogP contribution in [0.5, 0.6) is 0 Å². The van der Waals surface area contributed by atoms with Crippen molar-refractivity contribution in [3.05, 3.63) is 18.1 Å². The monoisotopic (exact) mass is 241 g/mol. The molecule has 0 spiro atoms. The summed E-state index contributed by atoms with van der Waals surface area (Å²) in [7, 11) is -1.86. The van der Waals surface area contributed by atoms with Crippen molar-refractivity contribution in [2.75, 3.05) is 24.7 Å². The minimum Gasteiger partial charge on any atom is -0.368 e. The van der Waals surface area contributed by atoms with Crippen molar-refractivity contribution in [1.82, 2.24) is 14.7 Å². The molecule has 16 heavy (non-hydrogen) atoms. The van der Waals surface area contributed by atoms with Crippen molar-refractivity contribution in [2.24, 2.45) is 0 Å². The lowest BCUT2D eigenvalue weighted by atomic mass is 10.5. The molecule has 0 aliphatic carbocycles. The highest BCUT2D eigenvalue weighted by Gasteiger charge is 2.05. The summed E-state index contributed by atoms with van der Waals surface area (Å²) in [5.41, 5.74) is 0.216. The topological polar surface area (TPSA) is 108 Å². The Morgan fingerprint density at radius 3 is 2.69 bits per heavy atom. The molecule has 0 saturated carbocycles. The van der Waals surface area contributed by atoms with E-state index in [1.165, 1.54) is 19.4 Å². The SMILES string of the molecule is CNS(=O)(=O)CCNc1cnc(C#N)cn1. The zero-order valence-corrected chi connectivity index (χ0v) is 9.45. The van der Waals surface area contributed by atoms with Crippen molar-refractivity contribution >= 4 is 15.8 Å². The Morgan fingerprint density at radius 2 is 2.19 bits per heavy atom. The highest BCUT2D eigenvalue weighted by molar-refractivity contribution is 7.89. The van der Waals surface area contributed by atoms with Gasteiger partial charge in [-0.1, -0.05) is 0 Å². The van der Waals surface area contributed by atoms with Crippen LogP contribution in [0.4, 0.5) is 5.82 Å². The molecule has 0 aliphatic heterocycles. The molecular formula is C8H11N5O2S. The Hall–Kier alpha value is -1.72. The number of nitriles is 1. The fraction of sp³-hybridized carbons (Fsp3) is 0.375. The zero-order valence-electron chi connectivity index (χ0n) is 8.64. The smallest absolute Gasteiger partial charge is 0.213 e. The lowest BCUT2D eigenvalue weighted by Gasteiger charge is -2.04. The normalized spacial score (nSPS) is 10.8. The van der Waals surface area contributed by atoms with E-state index in [0.717, 1.165) is 0 Å². The van der Waals surface area contributed by atoms with E-state index in [9.17, 15) is 8.42 Å². The second kappa shape index (κ2) is 5.39. The van der Waals surface area contributed by atoms with Crippen LogP contribution in [0.15, 0.2) is 12.4 Å². The highest BCUT2D eigenvalue weighted by Crippen LogP contribution is 1.99. The lowest BCUT2D eigenvalue weighted by Crippen LogP contribution is -2.26. The predicted molar refractivity (Wildman–Crippen MR) is 58.1 cm³/mol. The number of sulfonamides is 1. The number of nitrogens with zero attached hydrogens (tertiary/aromatic N) is 3. The number of nitrogens with one attached hydrogen (secondary N) is 2. The molecule has 0 amide bonds. The molecule has 0 saturated heterocycles. The third-order valence-corrected chi connectivity index (χ3v) is 3.12. The summed E-state index contributed by atoms with van der Waals surface area (Å²) in [5, 5.41) is 11.3. The van der Waals surface area contributed by atoms with Gasteiger partial charge < -0.3 is 5.32 Å². The fourth-order valence-electron chi connectivity index (χ4n) is 0.893. The van der Waals surface area contributed by atoms with Crippen LogP contribution >= 0.6 is 0 Å². The molecule has 1 aromatic rings. The van der Waals surface area contributed by atoms with Gasteiger partial charge in [0.05, 0.1) is 18.1 Å². The molecule has 86 valence electrons. The summed E-state index contributed by atoms with van der Waals surface area (Å²) in [5.74, 6) is 0.385. The molecule has 1 aromatic heterocycles. The second-order valence-corrected chi connectivity index (χ2v) is 4.89. The second-order valence-electron chi connectivity index (χ2n) is 2.85. The summed E-state index contributed by atoms with van der Waals surface area (Å²) in [4.78, 5) is 7.66. The van der Waals surface area contributed by atoms with Crippen LogP contribution in [0.1, 0.15) is 5.69 Å². The largest absolute Gasteiger partial charge is 0.368 e. The van der Waals surface area contributed by atoms with Gasteiger partial charge in [0, 0.05) is 6.54 Å². The van der Waals surface area contributed by atoms with Gasteiger partial charge in [0.1, 0.15) is 11.9 Å². The molecule has 0 aliphatic rings. The van der Waals surface area contributed by atoms with Crippen LogP contribution in [-0.2, 0) is 10.0 Å². The Labute approximate surface area is 93.6 Å². The molecule has 1 rings (SSSR count). The standard InChI is InChI=1S/C8H11N5O2S/c1-10-16(14,15)3-2-11-8-6-12-7(4-9)5-13-8/h5-6,10H,2-3H2,1H3,(H,11,13). The Kier molecular flexibility index (Phi) is 4.16. The third kappa shape index (κ3) is 3.80. The van der Waals surface area contributed by atoms with E-state index >= 15 is 0 Å². The first-order chi connectivity index (χ1) is 7.57. The zero-order chi connectivity index (χ0) is 12.0. The van der Waals surface area contributed by atoms with Crippen molar-refractivity contribution in [3.63, 3.8) is 0 Å². The highest BCUT2D eigenvalue weighted by atomic mass is 32.2. The van der Waals surface area contributed by atoms with E-state index in [1.54, 1.807) is 0 Å². The van der Waals surface area contributed by atoms with Crippen molar-refractivity contribution in [3.8, 4) is 6.07 Å². The van der Waals surface area contributed by atoms with Crippen molar-refractivity contribution in [2.45, 2.75) is 0 Å². The summed E-state index contributed by atoms with van der Waals surface area (Å²) < 4.78 is 24.3.